The van der Waals surface area contributed by atoms with E-state index in [0.29, 0.717) is 5.75 Å². The quantitative estimate of drug-likeness (QED) is 0.866. The van der Waals surface area contributed by atoms with E-state index < -0.39 is 6.10 Å². The summed E-state index contributed by atoms with van der Waals surface area (Å²) in [5, 5.41) is 10.2. The van der Waals surface area contributed by atoms with Gasteiger partial charge in [0.25, 0.3) is 5.91 Å². The van der Waals surface area contributed by atoms with Crippen LogP contribution in [0.5, 0.6) is 0 Å². The van der Waals surface area contributed by atoms with Crippen LogP contribution in [0.4, 0.5) is 0 Å². The van der Waals surface area contributed by atoms with Gasteiger partial charge in [-0.25, -0.2) is 0 Å². The van der Waals surface area contributed by atoms with E-state index >= 15 is 0 Å². The Balaban J connectivity index is 1.48. The van der Waals surface area contributed by atoms with Crippen molar-refractivity contribution in [1.29, 1.82) is 0 Å². The number of amides is 1. The van der Waals surface area contributed by atoms with E-state index in [4.69, 9.17) is 0 Å². The molecule has 1 heterocycles. The average molecular weight is 341 g/mol. The number of hydrogen-bond acceptors (Lipinski definition) is 3. The molecule has 0 bridgehead atoms. The SMILES string of the molecule is O=C(c1ccc(CSCC(O)c2ccccc2)cc1)N1CCCC1. The van der Waals surface area contributed by atoms with E-state index in [-0.39, 0.29) is 5.91 Å². The summed E-state index contributed by atoms with van der Waals surface area (Å²) in [6, 6.07) is 17.6. The fourth-order valence-electron chi connectivity index (χ4n) is 2.91. The second kappa shape index (κ2) is 8.36. The molecule has 24 heavy (non-hydrogen) atoms. The third-order valence-electron chi connectivity index (χ3n) is 4.32. The first-order chi connectivity index (χ1) is 11.7. The zero-order valence-electron chi connectivity index (χ0n) is 13.7. The summed E-state index contributed by atoms with van der Waals surface area (Å²) in [5.41, 5.74) is 2.91. The molecule has 4 heteroatoms. The van der Waals surface area contributed by atoms with Crippen molar-refractivity contribution >= 4 is 17.7 Å². The highest BCUT2D eigenvalue weighted by molar-refractivity contribution is 7.98. The highest BCUT2D eigenvalue weighted by Crippen LogP contribution is 2.21. The molecular formula is C20H23NO2S. The van der Waals surface area contributed by atoms with Gasteiger partial charge in [-0.3, -0.25) is 4.79 Å². The molecule has 0 aromatic heterocycles. The number of likely N-dealkylation sites (tertiary alicyclic amines) is 1. The maximum absolute atomic E-state index is 12.3. The van der Waals surface area contributed by atoms with Gasteiger partial charge in [0.2, 0.25) is 0 Å². The van der Waals surface area contributed by atoms with Gasteiger partial charge in [-0.1, -0.05) is 42.5 Å². The van der Waals surface area contributed by atoms with Crippen LogP contribution >= 0.6 is 11.8 Å². The first-order valence-electron chi connectivity index (χ1n) is 8.43. The number of hydrogen-bond donors (Lipinski definition) is 1. The summed E-state index contributed by atoms with van der Waals surface area (Å²) >= 11 is 1.70. The van der Waals surface area contributed by atoms with E-state index in [9.17, 15) is 9.90 Å². The minimum Gasteiger partial charge on any atom is -0.388 e. The average Bonchev–Trinajstić information content (AvgIpc) is 3.17. The number of nitrogens with zero attached hydrogens (tertiary/aromatic N) is 1. The van der Waals surface area contributed by atoms with Gasteiger partial charge in [0.05, 0.1) is 6.10 Å². The fourth-order valence-corrected chi connectivity index (χ4v) is 3.87. The van der Waals surface area contributed by atoms with Gasteiger partial charge in [-0.05, 0) is 36.1 Å². The first-order valence-corrected chi connectivity index (χ1v) is 9.58. The zero-order chi connectivity index (χ0) is 16.8. The Morgan fingerprint density at radius 1 is 1.04 bits per heavy atom. The Bertz CT molecular complexity index is 651. The highest BCUT2D eigenvalue weighted by atomic mass is 32.2. The lowest BCUT2D eigenvalue weighted by Crippen LogP contribution is -2.27. The van der Waals surface area contributed by atoms with Gasteiger partial charge in [-0.15, -0.1) is 0 Å². The molecule has 126 valence electrons. The van der Waals surface area contributed by atoms with Crippen molar-refractivity contribution in [3.63, 3.8) is 0 Å². The molecule has 1 fully saturated rings. The van der Waals surface area contributed by atoms with Crippen LogP contribution in [0, 0.1) is 0 Å². The minimum atomic E-state index is -0.438. The van der Waals surface area contributed by atoms with E-state index in [1.807, 2.05) is 59.5 Å². The van der Waals surface area contributed by atoms with Gasteiger partial charge in [-0.2, -0.15) is 11.8 Å². The van der Waals surface area contributed by atoms with Crippen molar-refractivity contribution in [1.82, 2.24) is 4.90 Å². The monoisotopic (exact) mass is 341 g/mol. The van der Waals surface area contributed by atoms with Crippen LogP contribution in [0.15, 0.2) is 54.6 Å². The lowest BCUT2D eigenvalue weighted by atomic mass is 10.1. The Labute approximate surface area is 147 Å². The van der Waals surface area contributed by atoms with Crippen LogP contribution in [0.3, 0.4) is 0 Å². The third-order valence-corrected chi connectivity index (χ3v) is 5.41. The molecule has 0 radical (unpaired) electrons. The van der Waals surface area contributed by atoms with Crippen LogP contribution in [-0.4, -0.2) is 34.8 Å². The topological polar surface area (TPSA) is 40.5 Å². The summed E-state index contributed by atoms with van der Waals surface area (Å²) < 4.78 is 0. The Kier molecular flexibility index (Phi) is 5.94. The minimum absolute atomic E-state index is 0.145. The van der Waals surface area contributed by atoms with Crippen LogP contribution in [0.1, 0.15) is 40.4 Å². The maximum atomic E-state index is 12.3. The molecular weight excluding hydrogens is 318 g/mol. The van der Waals surface area contributed by atoms with Gasteiger partial charge in [0.15, 0.2) is 0 Å². The highest BCUT2D eigenvalue weighted by Gasteiger charge is 2.19. The maximum Gasteiger partial charge on any atom is 0.253 e. The van der Waals surface area contributed by atoms with Gasteiger partial charge in [0, 0.05) is 30.2 Å². The molecule has 1 unspecified atom stereocenters. The van der Waals surface area contributed by atoms with Crippen molar-refractivity contribution in [3.8, 4) is 0 Å². The van der Waals surface area contributed by atoms with Crippen molar-refractivity contribution in [2.45, 2.75) is 24.7 Å². The molecule has 0 saturated carbocycles. The molecule has 3 rings (SSSR count). The molecule has 0 spiro atoms. The summed E-state index contributed by atoms with van der Waals surface area (Å²) in [4.78, 5) is 14.2. The van der Waals surface area contributed by atoms with E-state index in [1.54, 1.807) is 11.8 Å². The molecule has 0 aliphatic carbocycles. The molecule has 1 aliphatic rings. The fraction of sp³-hybridized carbons (Fsp3) is 0.350. The van der Waals surface area contributed by atoms with Gasteiger partial charge < -0.3 is 10.0 Å². The Morgan fingerprint density at radius 3 is 2.38 bits per heavy atom. The van der Waals surface area contributed by atoms with E-state index in [1.165, 1.54) is 5.56 Å². The van der Waals surface area contributed by atoms with Crippen molar-refractivity contribution in [2.75, 3.05) is 18.8 Å². The normalized spacial score (nSPS) is 15.5. The first kappa shape index (κ1) is 17.1. The third kappa shape index (κ3) is 4.40. The molecule has 1 amide bonds. The van der Waals surface area contributed by atoms with Crippen LogP contribution < -0.4 is 0 Å². The van der Waals surface area contributed by atoms with E-state index in [0.717, 1.165) is 42.8 Å². The van der Waals surface area contributed by atoms with Crippen LogP contribution in [-0.2, 0) is 5.75 Å². The largest absolute Gasteiger partial charge is 0.388 e. The predicted octanol–water partition coefficient (Wildman–Crippen LogP) is 3.89. The number of aliphatic hydroxyl groups excluding tert-OH is 1. The summed E-state index contributed by atoms with van der Waals surface area (Å²) in [6.45, 7) is 1.77. The van der Waals surface area contributed by atoms with Crippen LogP contribution in [0.2, 0.25) is 0 Å². The number of thioether (sulfide) groups is 1. The second-order valence-electron chi connectivity index (χ2n) is 6.14. The number of benzene rings is 2. The number of aliphatic hydroxyl groups is 1. The Morgan fingerprint density at radius 2 is 1.71 bits per heavy atom. The number of carbonyl (C=O) groups is 1. The molecule has 1 saturated heterocycles. The summed E-state index contributed by atoms with van der Waals surface area (Å²) in [6.07, 6.45) is 1.79. The lowest BCUT2D eigenvalue weighted by molar-refractivity contribution is 0.0793. The zero-order valence-corrected chi connectivity index (χ0v) is 14.5. The smallest absolute Gasteiger partial charge is 0.253 e. The number of carbonyl (C=O) groups excluding carboxylic acids is 1. The number of rotatable bonds is 6. The molecule has 2 aromatic rings. The van der Waals surface area contributed by atoms with Gasteiger partial charge in [0.1, 0.15) is 0 Å². The second-order valence-corrected chi connectivity index (χ2v) is 7.17. The Hall–Kier alpha value is -1.78. The molecule has 1 atom stereocenters. The molecule has 2 aromatic carbocycles. The van der Waals surface area contributed by atoms with Crippen molar-refractivity contribution in [3.05, 3.63) is 71.3 Å². The summed E-state index contributed by atoms with van der Waals surface area (Å²) in [7, 11) is 0. The molecule has 1 N–H and O–H groups in total. The van der Waals surface area contributed by atoms with Crippen LogP contribution in [0.25, 0.3) is 0 Å². The summed E-state index contributed by atoms with van der Waals surface area (Å²) in [5.74, 6) is 1.65. The van der Waals surface area contributed by atoms with Crippen molar-refractivity contribution < 1.29 is 9.90 Å². The van der Waals surface area contributed by atoms with Gasteiger partial charge >= 0.3 is 0 Å². The predicted molar refractivity (Wildman–Crippen MR) is 99.1 cm³/mol. The lowest BCUT2D eigenvalue weighted by Gasteiger charge is -2.15. The van der Waals surface area contributed by atoms with E-state index in [2.05, 4.69) is 0 Å². The molecule has 3 nitrogen and oxygen atoms in total. The molecule has 1 aliphatic heterocycles. The standard InChI is InChI=1S/C20H23NO2S/c22-19(17-6-2-1-3-7-17)15-24-14-16-8-10-18(11-9-16)20(23)21-12-4-5-13-21/h1-3,6-11,19,22H,4-5,12-15H2. The van der Waals surface area contributed by atoms with Crippen molar-refractivity contribution in [2.24, 2.45) is 0 Å².